The molecule has 0 amide bonds. The average molecular weight is 323 g/mol. The molecule has 0 aromatic heterocycles. The van der Waals surface area contributed by atoms with Gasteiger partial charge in [-0.1, -0.05) is 30.3 Å². The molecular formula is C21H25NO2. The number of fused-ring (bicyclic) bond motifs is 1. The van der Waals surface area contributed by atoms with Crippen molar-refractivity contribution in [2.45, 2.75) is 45.8 Å². The number of ether oxygens (including phenoxy) is 1. The van der Waals surface area contributed by atoms with Crippen molar-refractivity contribution in [2.24, 2.45) is 0 Å². The van der Waals surface area contributed by atoms with Crippen molar-refractivity contribution in [1.82, 2.24) is 5.32 Å². The summed E-state index contributed by atoms with van der Waals surface area (Å²) in [7, 11) is 0. The molecule has 3 nitrogen and oxygen atoms in total. The third kappa shape index (κ3) is 3.68. The fraction of sp³-hybridized carbons (Fsp3) is 0.381. The van der Waals surface area contributed by atoms with E-state index in [1.807, 2.05) is 43.3 Å². The number of hydrogen-bond donors (Lipinski definition) is 1. The van der Waals surface area contributed by atoms with Gasteiger partial charge in [0, 0.05) is 31.0 Å². The van der Waals surface area contributed by atoms with E-state index in [9.17, 15) is 4.79 Å². The predicted molar refractivity (Wildman–Crippen MR) is 96.9 cm³/mol. The number of ketones is 1. The van der Waals surface area contributed by atoms with Crippen LogP contribution in [0.3, 0.4) is 0 Å². The fourth-order valence-corrected chi connectivity index (χ4v) is 3.09. The summed E-state index contributed by atoms with van der Waals surface area (Å²) in [6.45, 7) is 6.90. The number of Topliss-reactive ketones (excluding diaryl/α,β-unsaturated/α-hetero) is 1. The highest BCUT2D eigenvalue weighted by atomic mass is 16.5. The highest BCUT2D eigenvalue weighted by Gasteiger charge is 2.27. The van der Waals surface area contributed by atoms with Gasteiger partial charge in [-0.05, 0) is 49.6 Å². The van der Waals surface area contributed by atoms with Gasteiger partial charge >= 0.3 is 0 Å². The van der Waals surface area contributed by atoms with Crippen LogP contribution in [0.5, 0.6) is 5.75 Å². The second-order valence-electron chi connectivity index (χ2n) is 6.68. The first-order chi connectivity index (χ1) is 11.5. The Kier molecular flexibility index (Phi) is 5.00. The van der Waals surface area contributed by atoms with E-state index in [2.05, 4.69) is 25.2 Å². The monoisotopic (exact) mass is 323 g/mol. The van der Waals surface area contributed by atoms with Gasteiger partial charge in [0.25, 0.3) is 0 Å². The zero-order chi connectivity index (χ0) is 17.1. The average Bonchev–Trinajstić information content (AvgIpc) is 3.01. The van der Waals surface area contributed by atoms with Crippen LogP contribution >= 0.6 is 0 Å². The second-order valence-corrected chi connectivity index (χ2v) is 6.68. The summed E-state index contributed by atoms with van der Waals surface area (Å²) in [5.41, 5.74) is 4.45. The van der Waals surface area contributed by atoms with Crippen LogP contribution in [0.15, 0.2) is 42.5 Å². The van der Waals surface area contributed by atoms with Gasteiger partial charge in [-0.25, -0.2) is 0 Å². The van der Waals surface area contributed by atoms with Gasteiger partial charge in [0.2, 0.25) is 0 Å². The molecule has 0 saturated heterocycles. The minimum absolute atomic E-state index is 0.138. The fourth-order valence-electron chi connectivity index (χ4n) is 3.09. The maximum absolute atomic E-state index is 12.3. The molecule has 0 aliphatic carbocycles. The molecule has 2 atom stereocenters. The summed E-state index contributed by atoms with van der Waals surface area (Å²) in [5, 5.41) is 3.44. The Morgan fingerprint density at radius 1 is 1.21 bits per heavy atom. The Labute approximate surface area is 144 Å². The van der Waals surface area contributed by atoms with E-state index in [4.69, 9.17) is 4.74 Å². The summed E-state index contributed by atoms with van der Waals surface area (Å²) >= 11 is 0. The summed E-state index contributed by atoms with van der Waals surface area (Å²) in [4.78, 5) is 12.3. The summed E-state index contributed by atoms with van der Waals surface area (Å²) < 4.78 is 5.99. The van der Waals surface area contributed by atoms with E-state index in [-0.39, 0.29) is 17.9 Å². The highest BCUT2D eigenvalue weighted by molar-refractivity contribution is 5.96. The third-order valence-corrected chi connectivity index (χ3v) is 4.88. The minimum Gasteiger partial charge on any atom is -0.488 e. The molecule has 1 aliphatic heterocycles. The number of rotatable bonds is 6. The van der Waals surface area contributed by atoms with Crippen LogP contribution in [0.1, 0.15) is 40.4 Å². The van der Waals surface area contributed by atoms with Gasteiger partial charge < -0.3 is 10.1 Å². The van der Waals surface area contributed by atoms with Crippen molar-refractivity contribution in [3.05, 3.63) is 64.7 Å². The number of carbonyl (C=O) groups is 1. The second kappa shape index (κ2) is 7.18. The third-order valence-electron chi connectivity index (χ3n) is 4.88. The number of aryl methyl sites for hydroxylation is 2. The zero-order valence-corrected chi connectivity index (χ0v) is 14.6. The smallest absolute Gasteiger partial charge is 0.164 e. The standard InChI is InChI=1S/C21H25NO2/c1-14-8-9-17(12-15(14)2)19(23)10-11-22-16(3)21-13-18-6-4-5-7-20(18)24-21/h4-9,12,16,21-22H,10-11,13H2,1-3H3. The molecular weight excluding hydrogens is 298 g/mol. The van der Waals surface area contributed by atoms with Crippen LogP contribution in [-0.4, -0.2) is 24.5 Å². The molecule has 126 valence electrons. The molecule has 2 aromatic rings. The summed E-state index contributed by atoms with van der Waals surface area (Å²) in [5.74, 6) is 1.18. The lowest BCUT2D eigenvalue weighted by Crippen LogP contribution is -2.40. The van der Waals surface area contributed by atoms with Crippen LogP contribution in [0.4, 0.5) is 0 Å². The number of carbonyl (C=O) groups excluding carboxylic acids is 1. The first kappa shape index (κ1) is 16.7. The van der Waals surface area contributed by atoms with Gasteiger partial charge in [-0.15, -0.1) is 0 Å². The van der Waals surface area contributed by atoms with Crippen LogP contribution in [0, 0.1) is 13.8 Å². The lowest BCUT2D eigenvalue weighted by molar-refractivity contribution is 0.0978. The van der Waals surface area contributed by atoms with Crippen molar-refractivity contribution in [3.63, 3.8) is 0 Å². The minimum atomic E-state index is 0.138. The van der Waals surface area contributed by atoms with Crippen LogP contribution in [-0.2, 0) is 6.42 Å². The molecule has 1 N–H and O–H groups in total. The van der Waals surface area contributed by atoms with Gasteiger partial charge in [-0.3, -0.25) is 4.79 Å². The highest BCUT2D eigenvalue weighted by Crippen LogP contribution is 2.29. The molecule has 1 heterocycles. The van der Waals surface area contributed by atoms with Crippen molar-refractivity contribution in [1.29, 1.82) is 0 Å². The van der Waals surface area contributed by atoms with Crippen molar-refractivity contribution >= 4 is 5.78 Å². The van der Waals surface area contributed by atoms with Crippen molar-refractivity contribution < 1.29 is 9.53 Å². The number of benzene rings is 2. The van der Waals surface area contributed by atoms with E-state index in [1.165, 1.54) is 16.7 Å². The molecule has 0 radical (unpaired) electrons. The van der Waals surface area contributed by atoms with Gasteiger partial charge in [0.05, 0.1) is 0 Å². The number of para-hydroxylation sites is 1. The molecule has 24 heavy (non-hydrogen) atoms. The van der Waals surface area contributed by atoms with Gasteiger partial charge in [0.15, 0.2) is 5.78 Å². The SMILES string of the molecule is Cc1ccc(C(=O)CCNC(C)C2Cc3ccccc3O2)cc1C. The molecule has 2 unspecified atom stereocenters. The quantitative estimate of drug-likeness (QED) is 0.821. The first-order valence-corrected chi connectivity index (χ1v) is 8.63. The maximum Gasteiger partial charge on any atom is 0.164 e. The van der Waals surface area contributed by atoms with Crippen LogP contribution in [0.25, 0.3) is 0 Å². The molecule has 2 aromatic carbocycles. The molecule has 3 heteroatoms. The summed E-state index contributed by atoms with van der Waals surface area (Å²) in [6.07, 6.45) is 1.57. The van der Waals surface area contributed by atoms with Crippen LogP contribution in [0.2, 0.25) is 0 Å². The van der Waals surface area contributed by atoms with E-state index in [0.29, 0.717) is 13.0 Å². The molecule has 0 bridgehead atoms. The van der Waals surface area contributed by atoms with Crippen LogP contribution < -0.4 is 10.1 Å². The van der Waals surface area contributed by atoms with Crippen molar-refractivity contribution in [2.75, 3.05) is 6.54 Å². The maximum atomic E-state index is 12.3. The zero-order valence-electron chi connectivity index (χ0n) is 14.6. The predicted octanol–water partition coefficient (Wildman–Crippen LogP) is 3.86. The van der Waals surface area contributed by atoms with E-state index in [1.54, 1.807) is 0 Å². The lowest BCUT2D eigenvalue weighted by atomic mass is 10.0. The molecule has 3 rings (SSSR count). The molecule has 1 aliphatic rings. The number of hydrogen-bond acceptors (Lipinski definition) is 3. The normalized spacial score (nSPS) is 17.2. The Balaban J connectivity index is 1.48. The van der Waals surface area contributed by atoms with Gasteiger partial charge in [0.1, 0.15) is 11.9 Å². The molecule has 0 spiro atoms. The Bertz CT molecular complexity index is 713. The summed E-state index contributed by atoms with van der Waals surface area (Å²) in [6, 6.07) is 14.3. The lowest BCUT2D eigenvalue weighted by Gasteiger charge is -2.20. The largest absolute Gasteiger partial charge is 0.488 e. The Morgan fingerprint density at radius 2 is 2.00 bits per heavy atom. The molecule has 0 saturated carbocycles. The Morgan fingerprint density at radius 3 is 2.75 bits per heavy atom. The van der Waals surface area contributed by atoms with Gasteiger partial charge in [-0.2, -0.15) is 0 Å². The van der Waals surface area contributed by atoms with E-state index >= 15 is 0 Å². The molecule has 0 fully saturated rings. The number of nitrogens with one attached hydrogen (secondary N) is 1. The van der Waals surface area contributed by atoms with Crippen molar-refractivity contribution in [3.8, 4) is 5.75 Å². The van der Waals surface area contributed by atoms with E-state index < -0.39 is 0 Å². The first-order valence-electron chi connectivity index (χ1n) is 8.63. The topological polar surface area (TPSA) is 38.3 Å². The Hall–Kier alpha value is -2.13. The van der Waals surface area contributed by atoms with E-state index in [0.717, 1.165) is 17.7 Å².